The van der Waals surface area contributed by atoms with E-state index in [1.54, 1.807) is 11.8 Å². The molecule has 3 heteroatoms. The number of Topliss-reactive ketones (excluding diaryl/α,β-unsaturated/α-hetero) is 1. The maximum Gasteiger partial charge on any atom is 0.165 e. The molecule has 2 atom stereocenters. The van der Waals surface area contributed by atoms with Gasteiger partial charge < -0.3 is 4.90 Å². The van der Waals surface area contributed by atoms with Crippen molar-refractivity contribution in [3.8, 4) is 0 Å². The largest absolute Gasteiger partial charge is 0.335 e. The Morgan fingerprint density at radius 1 is 1.04 bits per heavy atom. The summed E-state index contributed by atoms with van der Waals surface area (Å²) >= 11 is 1.74. The van der Waals surface area contributed by atoms with Crippen LogP contribution in [0.2, 0.25) is 0 Å². The fourth-order valence-electron chi connectivity index (χ4n) is 4.08. The number of carbonyl (C=O) groups is 1. The molecule has 0 saturated heterocycles. The van der Waals surface area contributed by atoms with Crippen molar-refractivity contribution in [3.05, 3.63) is 95.1 Å². The number of nitrogens with zero attached hydrogens (tertiary/aromatic N) is 1. The highest BCUT2D eigenvalue weighted by molar-refractivity contribution is 8.03. The molecule has 1 aliphatic heterocycles. The molecule has 2 aromatic carbocycles. The first kappa shape index (κ1) is 18.8. The van der Waals surface area contributed by atoms with Gasteiger partial charge in [0.1, 0.15) is 0 Å². The van der Waals surface area contributed by atoms with Crippen LogP contribution in [0.25, 0.3) is 0 Å². The second-order valence-corrected chi connectivity index (χ2v) is 8.25. The van der Waals surface area contributed by atoms with Gasteiger partial charge in [0.15, 0.2) is 5.78 Å². The van der Waals surface area contributed by atoms with E-state index >= 15 is 0 Å². The molecule has 0 saturated carbocycles. The second-order valence-electron chi connectivity index (χ2n) is 7.22. The summed E-state index contributed by atoms with van der Waals surface area (Å²) < 4.78 is 0. The summed E-state index contributed by atoms with van der Waals surface area (Å²) in [5.41, 5.74) is 3.35. The predicted octanol–water partition coefficient (Wildman–Crippen LogP) is 6.34. The number of benzene rings is 2. The summed E-state index contributed by atoms with van der Waals surface area (Å²) in [5, 5.41) is 1.10. The molecule has 28 heavy (non-hydrogen) atoms. The number of para-hydroxylation sites is 1. The van der Waals surface area contributed by atoms with E-state index in [1.807, 2.05) is 18.2 Å². The zero-order chi connectivity index (χ0) is 19.5. The Kier molecular flexibility index (Phi) is 5.54. The van der Waals surface area contributed by atoms with Gasteiger partial charge in [-0.3, -0.25) is 4.79 Å². The molecule has 0 N–H and O–H groups in total. The molecule has 0 aromatic heterocycles. The molecule has 142 valence electrons. The Hall–Kier alpha value is -2.52. The van der Waals surface area contributed by atoms with Crippen LogP contribution in [0.4, 0.5) is 5.69 Å². The lowest BCUT2D eigenvalue weighted by molar-refractivity contribution is -0.115. The van der Waals surface area contributed by atoms with Crippen molar-refractivity contribution in [1.82, 2.24) is 0 Å². The van der Waals surface area contributed by atoms with E-state index in [9.17, 15) is 4.79 Å². The maximum absolute atomic E-state index is 13.5. The number of thioether (sulfide) groups is 1. The highest BCUT2D eigenvalue weighted by Gasteiger charge is 2.35. The van der Waals surface area contributed by atoms with E-state index in [4.69, 9.17) is 0 Å². The zero-order valence-corrected chi connectivity index (χ0v) is 17.2. The van der Waals surface area contributed by atoms with Crippen LogP contribution in [-0.2, 0) is 4.79 Å². The van der Waals surface area contributed by atoms with Gasteiger partial charge in [0.05, 0.1) is 10.7 Å². The summed E-state index contributed by atoms with van der Waals surface area (Å²) in [4.78, 5) is 17.0. The van der Waals surface area contributed by atoms with Crippen LogP contribution in [0.3, 0.4) is 0 Å². The normalized spacial score (nSPS) is 26.9. The van der Waals surface area contributed by atoms with Gasteiger partial charge in [-0.15, -0.1) is 0 Å². The topological polar surface area (TPSA) is 20.3 Å². The highest BCUT2D eigenvalue weighted by Crippen LogP contribution is 2.50. The molecule has 0 amide bonds. The van der Waals surface area contributed by atoms with Crippen molar-refractivity contribution in [2.24, 2.45) is 5.92 Å². The van der Waals surface area contributed by atoms with E-state index in [0.29, 0.717) is 6.42 Å². The Morgan fingerprint density at radius 2 is 1.79 bits per heavy atom. The van der Waals surface area contributed by atoms with Crippen molar-refractivity contribution >= 4 is 23.2 Å². The van der Waals surface area contributed by atoms with Crippen LogP contribution >= 0.6 is 11.8 Å². The summed E-state index contributed by atoms with van der Waals surface area (Å²) in [7, 11) is 0. The van der Waals surface area contributed by atoms with Crippen LogP contribution in [-0.4, -0.2) is 12.3 Å². The molecule has 4 rings (SSSR count). The first-order valence-corrected chi connectivity index (χ1v) is 10.7. The average Bonchev–Trinajstić information content (AvgIpc) is 3.11. The smallest absolute Gasteiger partial charge is 0.165 e. The first-order valence-electron chi connectivity index (χ1n) is 9.90. The van der Waals surface area contributed by atoms with Crippen LogP contribution in [0.5, 0.6) is 0 Å². The number of rotatable bonds is 2. The Balaban J connectivity index is 1.93. The number of fused-ring (bicyclic) bond motifs is 1. The quantitative estimate of drug-likeness (QED) is 0.561. The van der Waals surface area contributed by atoms with Crippen LogP contribution in [0.15, 0.2) is 94.4 Å². The molecule has 0 bridgehead atoms. The van der Waals surface area contributed by atoms with E-state index in [1.165, 1.54) is 16.1 Å². The average molecular weight is 388 g/mol. The molecule has 0 radical (unpaired) electrons. The van der Waals surface area contributed by atoms with Gasteiger partial charge in [-0.2, -0.15) is 0 Å². The molecule has 2 nitrogen and oxygen atoms in total. The molecular formula is C25H25NOS. The first-order chi connectivity index (χ1) is 13.7. The molecule has 0 fully saturated rings. The van der Waals surface area contributed by atoms with Crippen LogP contribution in [0.1, 0.15) is 31.7 Å². The number of allylic oxidation sites excluding steroid dienone is 5. The lowest BCUT2D eigenvalue weighted by Gasteiger charge is -2.29. The molecule has 1 aliphatic carbocycles. The lowest BCUT2D eigenvalue weighted by atomic mass is 9.79. The molecule has 2 aliphatic rings. The van der Waals surface area contributed by atoms with E-state index in [2.05, 4.69) is 79.4 Å². The van der Waals surface area contributed by atoms with Gasteiger partial charge in [0.25, 0.3) is 0 Å². The number of ketones is 1. The molecule has 0 spiro atoms. The van der Waals surface area contributed by atoms with Crippen molar-refractivity contribution in [2.45, 2.75) is 31.1 Å². The number of carbonyl (C=O) groups excluding carboxylic acids is 1. The minimum atomic E-state index is 0.0377. The standard InChI is InChI=1S/C25H25NOS/c1-3-26-20-15-10-11-17-22(20)28-25(26)24-21(27)16-9-4-6-12-18(2)23(24)19-13-7-5-8-14-19/h4-15,17-18,23H,3,16H2,1-2H3/b9-4-,12-6-,25-24+/t18-,23?/m1/s1. The molecule has 1 unspecified atom stereocenters. The summed E-state index contributed by atoms with van der Waals surface area (Å²) in [6, 6.07) is 18.9. The Labute approximate surface area is 171 Å². The van der Waals surface area contributed by atoms with Gasteiger partial charge in [0.2, 0.25) is 0 Å². The van der Waals surface area contributed by atoms with Crippen molar-refractivity contribution in [2.75, 3.05) is 11.4 Å². The predicted molar refractivity (Wildman–Crippen MR) is 119 cm³/mol. The van der Waals surface area contributed by atoms with Crippen molar-refractivity contribution < 1.29 is 4.79 Å². The summed E-state index contributed by atoms with van der Waals surface area (Å²) in [6.07, 6.45) is 8.71. The minimum Gasteiger partial charge on any atom is -0.335 e. The Morgan fingerprint density at radius 3 is 2.57 bits per heavy atom. The fraction of sp³-hybridized carbons (Fsp3) is 0.240. The number of hydrogen-bond donors (Lipinski definition) is 0. The monoisotopic (exact) mass is 387 g/mol. The van der Waals surface area contributed by atoms with Crippen LogP contribution < -0.4 is 4.90 Å². The molecule has 1 heterocycles. The van der Waals surface area contributed by atoms with Gasteiger partial charge >= 0.3 is 0 Å². The molecular weight excluding hydrogens is 362 g/mol. The van der Waals surface area contributed by atoms with Gasteiger partial charge in [0, 0.05) is 29.4 Å². The van der Waals surface area contributed by atoms with Gasteiger partial charge in [-0.25, -0.2) is 0 Å². The SMILES string of the molecule is CCN1/C(=C2/C(=O)C/C=C\C=C/[C@@H](C)C2c2ccccc2)Sc2ccccc21. The molecule has 2 aromatic rings. The van der Waals surface area contributed by atoms with Crippen molar-refractivity contribution in [1.29, 1.82) is 0 Å². The maximum atomic E-state index is 13.5. The van der Waals surface area contributed by atoms with E-state index in [-0.39, 0.29) is 17.6 Å². The number of anilines is 1. The lowest BCUT2D eigenvalue weighted by Crippen LogP contribution is -2.25. The third-order valence-corrected chi connectivity index (χ3v) is 6.61. The van der Waals surface area contributed by atoms with Gasteiger partial charge in [-0.1, -0.05) is 85.5 Å². The zero-order valence-electron chi connectivity index (χ0n) is 16.3. The summed E-state index contributed by atoms with van der Waals surface area (Å²) in [6.45, 7) is 5.21. The van der Waals surface area contributed by atoms with Gasteiger partial charge in [-0.05, 0) is 30.5 Å². The third kappa shape index (κ3) is 3.47. The highest BCUT2D eigenvalue weighted by atomic mass is 32.2. The Bertz CT molecular complexity index is 958. The van der Waals surface area contributed by atoms with E-state index < -0.39 is 0 Å². The third-order valence-electron chi connectivity index (χ3n) is 5.42. The fourth-order valence-corrected chi connectivity index (χ4v) is 5.41. The number of hydrogen-bond acceptors (Lipinski definition) is 3. The second kappa shape index (κ2) is 8.24. The van der Waals surface area contributed by atoms with E-state index in [0.717, 1.165) is 17.1 Å². The minimum absolute atomic E-state index is 0.0377. The van der Waals surface area contributed by atoms with Crippen LogP contribution in [0, 0.1) is 5.92 Å². The van der Waals surface area contributed by atoms with Crippen molar-refractivity contribution in [3.63, 3.8) is 0 Å². The summed E-state index contributed by atoms with van der Waals surface area (Å²) in [5.74, 6) is 0.477.